The monoisotopic (exact) mass is 261 g/mol. The summed E-state index contributed by atoms with van der Waals surface area (Å²) >= 11 is 5.51. The minimum Gasteiger partial charge on any atom is -0.480 e. The van der Waals surface area contributed by atoms with Crippen LogP contribution in [0.5, 0.6) is 0 Å². The van der Waals surface area contributed by atoms with E-state index in [2.05, 4.69) is 10.1 Å². The molecule has 0 aromatic heterocycles. The van der Waals surface area contributed by atoms with E-state index >= 15 is 0 Å². The smallest absolute Gasteiger partial charge is 0.329 e. The predicted molar refractivity (Wildman–Crippen MR) is 58.5 cm³/mol. The normalized spacial score (nSPS) is 10.0. The van der Waals surface area contributed by atoms with Crippen LogP contribution in [-0.4, -0.2) is 30.2 Å². The maximum absolute atomic E-state index is 13.3. The summed E-state index contributed by atoms with van der Waals surface area (Å²) in [6, 6.07) is 4.14. The van der Waals surface area contributed by atoms with Crippen LogP contribution in [0.3, 0.4) is 0 Å². The number of rotatable bonds is 5. The lowest BCUT2D eigenvalue weighted by atomic mass is 10.3. The molecule has 0 bridgehead atoms. The maximum atomic E-state index is 13.3. The van der Waals surface area contributed by atoms with Crippen LogP contribution in [0.15, 0.2) is 18.2 Å². The third-order valence-electron chi connectivity index (χ3n) is 1.68. The van der Waals surface area contributed by atoms with Gasteiger partial charge in [-0.25, -0.2) is 9.18 Å². The third kappa shape index (κ3) is 4.38. The lowest BCUT2D eigenvalue weighted by Gasteiger charge is -2.06. The van der Waals surface area contributed by atoms with E-state index in [0.717, 1.165) is 0 Å². The van der Waals surface area contributed by atoms with Crippen molar-refractivity contribution in [3.05, 3.63) is 29.0 Å². The number of halogens is 2. The van der Waals surface area contributed by atoms with Gasteiger partial charge in [-0.15, -0.1) is 0 Å². The zero-order chi connectivity index (χ0) is 12.8. The Bertz CT molecular complexity index is 438. The molecular formula is C10H9ClFNO4. The molecule has 0 unspecified atom stereocenters. The van der Waals surface area contributed by atoms with Crippen LogP contribution in [0.25, 0.3) is 0 Å². The molecule has 0 aliphatic rings. The van der Waals surface area contributed by atoms with Crippen LogP contribution in [0.1, 0.15) is 0 Å². The second-order valence-corrected chi connectivity index (χ2v) is 3.44. The van der Waals surface area contributed by atoms with E-state index < -0.39 is 30.9 Å². The second-order valence-electron chi connectivity index (χ2n) is 3.04. The molecule has 0 aliphatic carbocycles. The highest BCUT2D eigenvalue weighted by atomic mass is 35.5. The molecule has 1 amide bonds. The first-order valence-corrected chi connectivity index (χ1v) is 4.92. The van der Waals surface area contributed by atoms with Crippen LogP contribution in [0, 0.1) is 5.82 Å². The van der Waals surface area contributed by atoms with Gasteiger partial charge >= 0.3 is 5.97 Å². The van der Waals surface area contributed by atoms with E-state index in [1.54, 1.807) is 0 Å². The van der Waals surface area contributed by atoms with Gasteiger partial charge in [-0.2, -0.15) is 0 Å². The molecular weight excluding hydrogens is 253 g/mol. The summed E-state index contributed by atoms with van der Waals surface area (Å²) < 4.78 is 17.9. The molecule has 0 saturated carbocycles. The van der Waals surface area contributed by atoms with Gasteiger partial charge in [0.25, 0.3) is 0 Å². The first-order chi connectivity index (χ1) is 8.00. The minimum atomic E-state index is -1.19. The summed E-state index contributed by atoms with van der Waals surface area (Å²) in [5.74, 6) is -2.60. The number of nitrogens with one attached hydrogen (secondary N) is 1. The molecule has 1 aromatic carbocycles. The van der Waals surface area contributed by atoms with Crippen molar-refractivity contribution in [2.24, 2.45) is 0 Å². The number of benzene rings is 1. The molecule has 2 N–H and O–H groups in total. The molecule has 92 valence electrons. The van der Waals surface area contributed by atoms with Gasteiger partial charge in [-0.05, 0) is 12.1 Å². The van der Waals surface area contributed by atoms with Gasteiger partial charge in [0.2, 0.25) is 5.91 Å². The van der Waals surface area contributed by atoms with Gasteiger partial charge in [0.1, 0.15) is 13.2 Å². The minimum absolute atomic E-state index is 0.0820. The number of hydrogen-bond acceptors (Lipinski definition) is 3. The average Bonchev–Trinajstić information content (AvgIpc) is 2.24. The average molecular weight is 262 g/mol. The van der Waals surface area contributed by atoms with Crippen molar-refractivity contribution < 1.29 is 23.8 Å². The Hall–Kier alpha value is -1.66. The van der Waals surface area contributed by atoms with Gasteiger partial charge in [0.15, 0.2) is 5.82 Å². The number of anilines is 1. The Kier molecular flexibility index (Phi) is 4.86. The van der Waals surface area contributed by atoms with Gasteiger partial charge in [0.05, 0.1) is 10.7 Å². The number of aliphatic carboxylic acids is 1. The van der Waals surface area contributed by atoms with E-state index in [0.29, 0.717) is 0 Å². The van der Waals surface area contributed by atoms with Gasteiger partial charge < -0.3 is 15.2 Å². The molecule has 0 aliphatic heterocycles. The lowest BCUT2D eigenvalue weighted by molar-refractivity contribution is -0.143. The van der Waals surface area contributed by atoms with Crippen LogP contribution in [0.4, 0.5) is 10.1 Å². The molecule has 7 heteroatoms. The molecule has 0 heterocycles. The highest BCUT2D eigenvalue weighted by molar-refractivity contribution is 6.31. The van der Waals surface area contributed by atoms with E-state index in [9.17, 15) is 14.0 Å². The van der Waals surface area contributed by atoms with E-state index in [-0.39, 0.29) is 10.7 Å². The van der Waals surface area contributed by atoms with Crippen molar-refractivity contribution in [2.45, 2.75) is 0 Å². The zero-order valence-electron chi connectivity index (χ0n) is 8.57. The highest BCUT2D eigenvalue weighted by Gasteiger charge is 2.10. The van der Waals surface area contributed by atoms with Crippen molar-refractivity contribution in [3.8, 4) is 0 Å². The topological polar surface area (TPSA) is 75.6 Å². The summed E-state index contributed by atoms with van der Waals surface area (Å²) in [4.78, 5) is 21.3. The number of amides is 1. The summed E-state index contributed by atoms with van der Waals surface area (Å²) in [7, 11) is 0. The number of carboxylic acid groups (broad SMARTS) is 1. The molecule has 0 fully saturated rings. The van der Waals surface area contributed by atoms with Crippen LogP contribution in [0.2, 0.25) is 5.02 Å². The molecule has 1 aromatic rings. The van der Waals surface area contributed by atoms with Gasteiger partial charge in [-0.3, -0.25) is 4.79 Å². The SMILES string of the molecule is O=C(O)COCC(=O)Nc1cccc(Cl)c1F. The fourth-order valence-corrected chi connectivity index (χ4v) is 1.19. The Morgan fingerprint density at radius 2 is 2.12 bits per heavy atom. The van der Waals surface area contributed by atoms with E-state index in [1.165, 1.54) is 18.2 Å². The van der Waals surface area contributed by atoms with Crippen molar-refractivity contribution in [2.75, 3.05) is 18.5 Å². The maximum Gasteiger partial charge on any atom is 0.329 e. The van der Waals surface area contributed by atoms with Crippen molar-refractivity contribution in [1.82, 2.24) is 0 Å². The van der Waals surface area contributed by atoms with Gasteiger partial charge in [0, 0.05) is 0 Å². The Labute approximate surface area is 101 Å². The number of hydrogen-bond donors (Lipinski definition) is 2. The van der Waals surface area contributed by atoms with Crippen molar-refractivity contribution >= 4 is 29.2 Å². The van der Waals surface area contributed by atoms with Gasteiger partial charge in [-0.1, -0.05) is 17.7 Å². The first-order valence-electron chi connectivity index (χ1n) is 4.54. The number of carboxylic acids is 1. The van der Waals surface area contributed by atoms with Crippen molar-refractivity contribution in [1.29, 1.82) is 0 Å². The Morgan fingerprint density at radius 3 is 2.76 bits per heavy atom. The van der Waals surface area contributed by atoms with Crippen LogP contribution < -0.4 is 5.32 Å². The fraction of sp³-hybridized carbons (Fsp3) is 0.200. The van der Waals surface area contributed by atoms with Crippen LogP contribution >= 0.6 is 11.6 Å². The highest BCUT2D eigenvalue weighted by Crippen LogP contribution is 2.21. The molecule has 17 heavy (non-hydrogen) atoms. The molecule has 0 radical (unpaired) electrons. The molecule has 0 saturated heterocycles. The number of carbonyl (C=O) groups excluding carboxylic acids is 1. The largest absolute Gasteiger partial charge is 0.480 e. The summed E-state index contributed by atoms with van der Waals surface area (Å²) in [6.07, 6.45) is 0. The molecule has 0 spiro atoms. The van der Waals surface area contributed by atoms with Crippen molar-refractivity contribution in [3.63, 3.8) is 0 Å². The second kappa shape index (κ2) is 6.17. The zero-order valence-corrected chi connectivity index (χ0v) is 9.33. The van der Waals surface area contributed by atoms with E-state index in [1.807, 2.05) is 0 Å². The third-order valence-corrected chi connectivity index (χ3v) is 1.98. The molecule has 1 rings (SSSR count). The first kappa shape index (κ1) is 13.4. The summed E-state index contributed by atoms with van der Waals surface area (Å²) in [5.41, 5.74) is -0.0820. The Balaban J connectivity index is 2.51. The Morgan fingerprint density at radius 1 is 1.41 bits per heavy atom. The number of ether oxygens (including phenoxy) is 1. The quantitative estimate of drug-likeness (QED) is 0.843. The summed E-state index contributed by atoms with van der Waals surface area (Å²) in [5, 5.41) is 10.4. The fourth-order valence-electron chi connectivity index (χ4n) is 1.02. The predicted octanol–water partition coefficient (Wildman–Crippen LogP) is 1.52. The summed E-state index contributed by atoms with van der Waals surface area (Å²) in [6.45, 7) is -1.07. The number of carbonyl (C=O) groups is 2. The van der Waals surface area contributed by atoms with Crippen LogP contribution in [-0.2, 0) is 14.3 Å². The van der Waals surface area contributed by atoms with E-state index in [4.69, 9.17) is 16.7 Å². The molecule has 0 atom stereocenters. The molecule has 5 nitrogen and oxygen atoms in total. The standard InChI is InChI=1S/C10H9ClFNO4/c11-6-2-1-3-7(10(6)12)13-8(14)4-17-5-9(15)16/h1-3H,4-5H2,(H,13,14)(H,15,16). The lowest BCUT2D eigenvalue weighted by Crippen LogP contribution is -2.21.